The zero-order valence-corrected chi connectivity index (χ0v) is 22.1. The maximum atomic E-state index is 13.6. The van der Waals surface area contributed by atoms with Crippen molar-refractivity contribution in [1.82, 2.24) is 19.9 Å². The monoisotopic (exact) mass is 569 g/mol. The third-order valence-corrected chi connectivity index (χ3v) is 5.95. The Hall–Kier alpha value is -4.94. The van der Waals surface area contributed by atoms with Crippen molar-refractivity contribution < 1.29 is 32.2 Å². The smallest absolute Gasteiger partial charge is 0.416 e. The van der Waals surface area contributed by atoms with Gasteiger partial charge in [-0.05, 0) is 54.1 Å². The van der Waals surface area contributed by atoms with Crippen LogP contribution in [0.2, 0.25) is 0 Å². The van der Waals surface area contributed by atoms with Crippen LogP contribution in [0.3, 0.4) is 0 Å². The maximum absolute atomic E-state index is 13.6. The largest absolute Gasteiger partial charge is 0.497 e. The van der Waals surface area contributed by atoms with E-state index in [-0.39, 0.29) is 31.0 Å². The number of alkyl halides is 3. The second-order valence-electron chi connectivity index (χ2n) is 8.87. The number of esters is 1. The van der Waals surface area contributed by atoms with Crippen molar-refractivity contribution in [3.63, 3.8) is 0 Å². The minimum atomic E-state index is -4.46. The molecule has 0 aliphatic rings. The molecule has 13 heteroatoms. The lowest BCUT2D eigenvalue weighted by Crippen LogP contribution is -2.34. The van der Waals surface area contributed by atoms with Crippen molar-refractivity contribution in [2.75, 3.05) is 25.6 Å². The van der Waals surface area contributed by atoms with Gasteiger partial charge in [0.1, 0.15) is 22.8 Å². The standard InChI is InChI=1S/C28H26F3N5O5/c1-17(37)41-16-24(38)32-12-13-36-26-22(34-25(27(36)39)19-6-8-21(40-2)9-7-19)10-11-23(35-26)33-15-18-4-3-5-20(14-18)28(29,30)31/h3-11,14H,12-13,15-16H2,1-2H3,(H,32,38)(H,33,35). The van der Waals surface area contributed by atoms with Gasteiger partial charge in [0, 0.05) is 32.1 Å². The summed E-state index contributed by atoms with van der Waals surface area (Å²) in [6, 6.07) is 14.9. The molecular weight excluding hydrogens is 543 g/mol. The fourth-order valence-electron chi connectivity index (χ4n) is 3.94. The number of nitrogens with one attached hydrogen (secondary N) is 2. The molecule has 0 fully saturated rings. The van der Waals surface area contributed by atoms with Crippen LogP contribution in [0.1, 0.15) is 18.1 Å². The summed E-state index contributed by atoms with van der Waals surface area (Å²) in [7, 11) is 1.52. The lowest BCUT2D eigenvalue weighted by atomic mass is 10.1. The number of aromatic nitrogens is 3. The molecule has 214 valence electrons. The quantitative estimate of drug-likeness (QED) is 0.277. The van der Waals surface area contributed by atoms with Crippen LogP contribution in [-0.2, 0) is 33.6 Å². The second kappa shape index (κ2) is 12.5. The Labute approximate surface area is 232 Å². The van der Waals surface area contributed by atoms with Crippen LogP contribution in [0.4, 0.5) is 19.0 Å². The van der Waals surface area contributed by atoms with Crippen molar-refractivity contribution in [2.24, 2.45) is 0 Å². The van der Waals surface area contributed by atoms with Crippen LogP contribution in [0.15, 0.2) is 65.5 Å². The summed E-state index contributed by atoms with van der Waals surface area (Å²) in [6.45, 7) is 0.805. The highest BCUT2D eigenvalue weighted by Crippen LogP contribution is 2.29. The van der Waals surface area contributed by atoms with Gasteiger partial charge in [-0.3, -0.25) is 19.0 Å². The zero-order valence-electron chi connectivity index (χ0n) is 22.1. The van der Waals surface area contributed by atoms with Gasteiger partial charge >= 0.3 is 12.1 Å². The molecule has 0 bridgehead atoms. The number of nitrogens with zero attached hydrogens (tertiary/aromatic N) is 3. The van der Waals surface area contributed by atoms with Crippen molar-refractivity contribution >= 4 is 28.9 Å². The highest BCUT2D eigenvalue weighted by molar-refractivity contribution is 5.80. The predicted octanol–water partition coefficient (Wildman–Crippen LogP) is 3.78. The molecule has 4 rings (SSSR count). The molecule has 1 amide bonds. The van der Waals surface area contributed by atoms with E-state index in [1.54, 1.807) is 42.5 Å². The molecule has 0 atom stereocenters. The van der Waals surface area contributed by atoms with Crippen LogP contribution >= 0.6 is 0 Å². The first-order chi connectivity index (χ1) is 19.5. The van der Waals surface area contributed by atoms with Gasteiger partial charge in [0.05, 0.1) is 12.7 Å². The Balaban J connectivity index is 1.64. The summed E-state index contributed by atoms with van der Waals surface area (Å²) < 4.78 is 50.5. The summed E-state index contributed by atoms with van der Waals surface area (Å²) in [5.41, 5.74) is 0.432. The van der Waals surface area contributed by atoms with Gasteiger partial charge < -0.3 is 20.1 Å². The number of hydrogen-bond acceptors (Lipinski definition) is 8. The molecule has 0 radical (unpaired) electrons. The molecule has 0 spiro atoms. The van der Waals surface area contributed by atoms with Crippen LogP contribution in [0, 0.1) is 0 Å². The molecule has 0 aliphatic heterocycles. The summed E-state index contributed by atoms with van der Waals surface area (Å²) in [6.07, 6.45) is -4.46. The van der Waals surface area contributed by atoms with Gasteiger partial charge in [0.2, 0.25) is 0 Å². The molecule has 0 unspecified atom stereocenters. The van der Waals surface area contributed by atoms with Crippen molar-refractivity contribution in [3.05, 3.63) is 82.1 Å². The van der Waals surface area contributed by atoms with E-state index in [1.807, 2.05) is 0 Å². The Morgan fingerprint density at radius 3 is 2.46 bits per heavy atom. The number of benzene rings is 2. The van der Waals surface area contributed by atoms with Crippen LogP contribution in [-0.4, -0.2) is 46.7 Å². The number of hydrogen-bond donors (Lipinski definition) is 2. The first kappa shape index (κ1) is 29.1. The predicted molar refractivity (Wildman–Crippen MR) is 144 cm³/mol. The van der Waals surface area contributed by atoms with E-state index < -0.39 is 35.8 Å². The summed E-state index contributed by atoms with van der Waals surface area (Å²) >= 11 is 0. The lowest BCUT2D eigenvalue weighted by molar-refractivity contribution is -0.146. The van der Waals surface area contributed by atoms with Gasteiger partial charge in [-0.25, -0.2) is 9.97 Å². The topological polar surface area (TPSA) is 124 Å². The molecule has 10 nitrogen and oxygen atoms in total. The average molecular weight is 570 g/mol. The van der Waals surface area contributed by atoms with Gasteiger partial charge in [-0.15, -0.1) is 0 Å². The molecule has 2 heterocycles. The molecule has 41 heavy (non-hydrogen) atoms. The van der Waals surface area contributed by atoms with Gasteiger partial charge in [-0.1, -0.05) is 12.1 Å². The number of methoxy groups -OCH3 is 1. The van der Waals surface area contributed by atoms with E-state index in [4.69, 9.17) is 4.74 Å². The van der Waals surface area contributed by atoms with E-state index in [9.17, 15) is 27.6 Å². The van der Waals surface area contributed by atoms with Gasteiger partial charge in [-0.2, -0.15) is 13.2 Å². The van der Waals surface area contributed by atoms with Crippen molar-refractivity contribution in [1.29, 1.82) is 0 Å². The number of halogens is 3. The summed E-state index contributed by atoms with van der Waals surface area (Å²) in [5, 5.41) is 5.57. The van der Waals surface area contributed by atoms with Crippen LogP contribution < -0.4 is 20.9 Å². The normalized spacial score (nSPS) is 11.2. The van der Waals surface area contributed by atoms with Crippen LogP contribution in [0.5, 0.6) is 5.75 Å². The highest BCUT2D eigenvalue weighted by Gasteiger charge is 2.30. The molecule has 4 aromatic rings. The Kier molecular flexibility index (Phi) is 8.85. The molecule has 2 N–H and O–H groups in total. The number of carbonyl (C=O) groups is 2. The van der Waals surface area contributed by atoms with E-state index >= 15 is 0 Å². The molecule has 0 saturated carbocycles. The molecule has 2 aromatic carbocycles. The third-order valence-electron chi connectivity index (χ3n) is 5.95. The first-order valence-corrected chi connectivity index (χ1v) is 12.4. The van der Waals surface area contributed by atoms with Gasteiger partial charge in [0.15, 0.2) is 12.3 Å². The molecular formula is C28H26F3N5O5. The average Bonchev–Trinajstić information content (AvgIpc) is 2.95. The fourth-order valence-corrected chi connectivity index (χ4v) is 3.94. The maximum Gasteiger partial charge on any atom is 0.416 e. The number of fused-ring (bicyclic) bond motifs is 1. The Bertz CT molecular complexity index is 1620. The first-order valence-electron chi connectivity index (χ1n) is 12.4. The Morgan fingerprint density at radius 2 is 1.78 bits per heavy atom. The SMILES string of the molecule is COc1ccc(-c2nc3ccc(NCc4cccc(C(F)(F)F)c4)nc3n(CCNC(=O)COC(C)=O)c2=O)cc1. The van der Waals surface area contributed by atoms with E-state index in [0.29, 0.717) is 28.2 Å². The third kappa shape index (κ3) is 7.38. The van der Waals surface area contributed by atoms with Crippen LogP contribution in [0.25, 0.3) is 22.4 Å². The number of ether oxygens (including phenoxy) is 2. The van der Waals surface area contributed by atoms with E-state index in [2.05, 4.69) is 25.3 Å². The number of pyridine rings is 1. The molecule has 0 saturated heterocycles. The Morgan fingerprint density at radius 1 is 1.02 bits per heavy atom. The minimum absolute atomic E-state index is 0.0108. The van der Waals surface area contributed by atoms with E-state index in [0.717, 1.165) is 12.1 Å². The van der Waals surface area contributed by atoms with E-state index in [1.165, 1.54) is 24.7 Å². The number of amides is 1. The minimum Gasteiger partial charge on any atom is -0.497 e. The highest BCUT2D eigenvalue weighted by atomic mass is 19.4. The number of rotatable bonds is 10. The molecule has 0 aliphatic carbocycles. The van der Waals surface area contributed by atoms with Crippen molar-refractivity contribution in [3.8, 4) is 17.0 Å². The number of anilines is 1. The summed E-state index contributed by atoms with van der Waals surface area (Å²) in [5.74, 6) is -0.238. The van der Waals surface area contributed by atoms with Crippen molar-refractivity contribution in [2.45, 2.75) is 26.2 Å². The lowest BCUT2D eigenvalue weighted by Gasteiger charge is -2.14. The number of carbonyl (C=O) groups excluding carboxylic acids is 2. The fraction of sp³-hybridized carbons (Fsp3) is 0.250. The van der Waals surface area contributed by atoms with Gasteiger partial charge in [0.25, 0.3) is 11.5 Å². The second-order valence-corrected chi connectivity index (χ2v) is 8.87. The molecule has 2 aromatic heterocycles. The summed E-state index contributed by atoms with van der Waals surface area (Å²) in [4.78, 5) is 45.6. The zero-order chi connectivity index (χ0) is 29.6.